The van der Waals surface area contributed by atoms with Crippen LogP contribution in [0.5, 0.6) is 0 Å². The molecule has 0 saturated heterocycles. The predicted molar refractivity (Wildman–Crippen MR) is 115 cm³/mol. The number of benzene rings is 1. The Kier molecular flexibility index (Phi) is 5.95. The zero-order valence-corrected chi connectivity index (χ0v) is 16.5. The molecule has 1 aromatic heterocycles. The van der Waals surface area contributed by atoms with Gasteiger partial charge in [-0.25, -0.2) is 0 Å². The van der Waals surface area contributed by atoms with Crippen molar-refractivity contribution in [3.8, 4) is 11.8 Å². The molecule has 26 heavy (non-hydrogen) atoms. The Morgan fingerprint density at radius 2 is 1.88 bits per heavy atom. The lowest BCUT2D eigenvalue weighted by atomic mass is 9.92. The second-order valence-corrected chi connectivity index (χ2v) is 6.74. The lowest BCUT2D eigenvalue weighted by Gasteiger charge is -2.14. The number of aryl methyl sites for hydroxylation is 1. The third kappa shape index (κ3) is 3.68. The molecule has 2 nitrogen and oxygen atoms in total. The van der Waals surface area contributed by atoms with Gasteiger partial charge in [0.25, 0.3) is 0 Å². The van der Waals surface area contributed by atoms with E-state index in [2.05, 4.69) is 61.7 Å². The summed E-state index contributed by atoms with van der Waals surface area (Å²) in [6, 6.07) is 8.32. The van der Waals surface area contributed by atoms with Crippen molar-refractivity contribution in [1.82, 2.24) is 4.57 Å². The van der Waals surface area contributed by atoms with Crippen LogP contribution in [-0.2, 0) is 7.05 Å². The second-order valence-electron chi connectivity index (χ2n) is 6.74. The molecule has 1 heterocycles. The highest BCUT2D eigenvalue weighted by molar-refractivity contribution is 5.86. The highest BCUT2D eigenvalue weighted by Gasteiger charge is 2.14. The van der Waals surface area contributed by atoms with Gasteiger partial charge < -0.3 is 10.3 Å². The molecule has 0 amide bonds. The van der Waals surface area contributed by atoms with E-state index in [4.69, 9.17) is 5.73 Å². The van der Waals surface area contributed by atoms with Crippen LogP contribution in [0.25, 0.3) is 23.1 Å². The summed E-state index contributed by atoms with van der Waals surface area (Å²) in [6.45, 7) is 16.5. The van der Waals surface area contributed by atoms with Crippen molar-refractivity contribution >= 4 is 23.1 Å². The van der Waals surface area contributed by atoms with Gasteiger partial charge in [0, 0.05) is 40.9 Å². The Morgan fingerprint density at radius 3 is 2.42 bits per heavy atom. The summed E-state index contributed by atoms with van der Waals surface area (Å²) in [6.07, 6.45) is 2.72. The molecule has 0 aliphatic heterocycles. The molecule has 0 aliphatic rings. The number of fused-ring (bicyclic) bond motifs is 1. The molecule has 0 fully saturated rings. The molecule has 0 bridgehead atoms. The summed E-state index contributed by atoms with van der Waals surface area (Å²) in [5.74, 6) is 6.13. The minimum Gasteiger partial charge on any atom is -0.402 e. The molecule has 1 aromatic carbocycles. The van der Waals surface area contributed by atoms with Gasteiger partial charge >= 0.3 is 0 Å². The quantitative estimate of drug-likeness (QED) is 0.662. The van der Waals surface area contributed by atoms with Crippen LogP contribution < -0.4 is 16.3 Å². The lowest BCUT2D eigenvalue weighted by molar-refractivity contribution is 0.919. The Balaban J connectivity index is 3.07. The molecule has 2 rings (SSSR count). The molecule has 2 aromatic rings. The van der Waals surface area contributed by atoms with Crippen LogP contribution in [0, 0.1) is 11.8 Å². The number of rotatable bonds is 4. The maximum absolute atomic E-state index is 6.05. The molecule has 2 heteroatoms. The lowest BCUT2D eigenvalue weighted by Crippen LogP contribution is -2.30. The molecule has 0 aliphatic carbocycles. The molecule has 2 N–H and O–H groups in total. The zero-order chi connectivity index (χ0) is 19.4. The van der Waals surface area contributed by atoms with Crippen LogP contribution in [0.3, 0.4) is 0 Å². The zero-order valence-electron chi connectivity index (χ0n) is 16.5. The molecular weight excluding hydrogens is 316 g/mol. The van der Waals surface area contributed by atoms with Crippen LogP contribution in [0.1, 0.15) is 34.1 Å². The average Bonchev–Trinajstić information content (AvgIpc) is 2.84. The van der Waals surface area contributed by atoms with Crippen LogP contribution in [0.2, 0.25) is 0 Å². The van der Waals surface area contributed by atoms with E-state index in [-0.39, 0.29) is 0 Å². The number of nitrogens with zero attached hydrogens (tertiary/aromatic N) is 1. The third-order valence-electron chi connectivity index (χ3n) is 4.51. The summed E-state index contributed by atoms with van der Waals surface area (Å²) < 4.78 is 2.19. The largest absolute Gasteiger partial charge is 0.402 e. The topological polar surface area (TPSA) is 30.9 Å². The minimum absolute atomic E-state index is 0.697. The Labute approximate surface area is 156 Å². The van der Waals surface area contributed by atoms with Gasteiger partial charge in [0.05, 0.1) is 5.35 Å². The first-order valence-corrected chi connectivity index (χ1v) is 8.75. The predicted octanol–water partition coefficient (Wildman–Crippen LogP) is 3.91. The number of para-hydroxylation sites is 1. The van der Waals surface area contributed by atoms with E-state index in [9.17, 15) is 0 Å². The van der Waals surface area contributed by atoms with Gasteiger partial charge in [-0.05, 0) is 51.0 Å². The SMILES string of the molecule is C=C(C)C(C(/C=C(\C)N)=C(\C)CC#CC)=c1c(=C)c2ccccc2n1C. The van der Waals surface area contributed by atoms with E-state index < -0.39 is 0 Å². The van der Waals surface area contributed by atoms with Gasteiger partial charge in [0.15, 0.2) is 0 Å². The van der Waals surface area contributed by atoms with Gasteiger partial charge in [-0.15, -0.1) is 5.92 Å². The van der Waals surface area contributed by atoms with Crippen molar-refractivity contribution in [3.63, 3.8) is 0 Å². The Bertz CT molecular complexity index is 1090. The smallest absolute Gasteiger partial charge is 0.0564 e. The van der Waals surface area contributed by atoms with Crippen LogP contribution in [0.4, 0.5) is 0 Å². The van der Waals surface area contributed by atoms with Gasteiger partial charge in [-0.3, -0.25) is 0 Å². The maximum atomic E-state index is 6.05. The maximum Gasteiger partial charge on any atom is 0.0564 e. The van der Waals surface area contributed by atoms with E-state index in [1.807, 2.05) is 32.9 Å². The van der Waals surface area contributed by atoms with Gasteiger partial charge in [-0.2, -0.15) is 0 Å². The molecule has 0 radical (unpaired) electrons. The molecule has 0 saturated carbocycles. The summed E-state index contributed by atoms with van der Waals surface area (Å²) in [4.78, 5) is 0. The van der Waals surface area contributed by atoms with Crippen molar-refractivity contribution < 1.29 is 0 Å². The van der Waals surface area contributed by atoms with Crippen molar-refractivity contribution in [3.05, 3.63) is 69.9 Å². The summed E-state index contributed by atoms with van der Waals surface area (Å²) >= 11 is 0. The van der Waals surface area contributed by atoms with Crippen molar-refractivity contribution in [2.75, 3.05) is 0 Å². The van der Waals surface area contributed by atoms with Crippen molar-refractivity contribution in [2.45, 2.75) is 34.1 Å². The molecule has 134 valence electrons. The van der Waals surface area contributed by atoms with Crippen LogP contribution in [-0.4, -0.2) is 4.57 Å². The summed E-state index contributed by atoms with van der Waals surface area (Å²) in [5, 5.41) is 3.24. The van der Waals surface area contributed by atoms with Crippen LogP contribution >= 0.6 is 0 Å². The monoisotopic (exact) mass is 344 g/mol. The molecular formula is C24H28N2. The average molecular weight is 345 g/mol. The van der Waals surface area contributed by atoms with E-state index in [1.54, 1.807) is 0 Å². The van der Waals surface area contributed by atoms with E-state index in [0.717, 1.165) is 43.9 Å². The highest BCUT2D eigenvalue weighted by Crippen LogP contribution is 2.25. The first kappa shape index (κ1) is 19.4. The van der Waals surface area contributed by atoms with Gasteiger partial charge in [0.2, 0.25) is 0 Å². The molecule has 0 atom stereocenters. The Morgan fingerprint density at radius 1 is 1.23 bits per heavy atom. The number of hydrogen-bond donors (Lipinski definition) is 1. The van der Waals surface area contributed by atoms with Gasteiger partial charge in [-0.1, -0.05) is 42.9 Å². The third-order valence-corrected chi connectivity index (χ3v) is 4.51. The van der Waals surface area contributed by atoms with Crippen LogP contribution in [0.15, 0.2) is 59.3 Å². The number of nitrogens with two attached hydrogens (primary N) is 1. The summed E-state index contributed by atoms with van der Waals surface area (Å²) in [7, 11) is 2.08. The fourth-order valence-electron chi connectivity index (χ4n) is 3.30. The Hall–Kier alpha value is -2.92. The van der Waals surface area contributed by atoms with Crippen molar-refractivity contribution in [1.29, 1.82) is 0 Å². The highest BCUT2D eigenvalue weighted by atomic mass is 14.9. The fourth-order valence-corrected chi connectivity index (χ4v) is 3.30. The normalized spacial score (nSPS) is 13.8. The summed E-state index contributed by atoms with van der Waals surface area (Å²) in [5.41, 5.74) is 12.3. The molecule has 0 unspecified atom stereocenters. The number of allylic oxidation sites excluding steroid dienone is 5. The van der Waals surface area contributed by atoms with Gasteiger partial charge in [0.1, 0.15) is 0 Å². The van der Waals surface area contributed by atoms with Crippen molar-refractivity contribution in [2.24, 2.45) is 12.8 Å². The minimum atomic E-state index is 0.697. The van der Waals surface area contributed by atoms with E-state index in [0.29, 0.717) is 6.42 Å². The first-order chi connectivity index (χ1) is 12.3. The fraction of sp³-hybridized carbons (Fsp3) is 0.250. The molecule has 0 spiro atoms. The van der Waals surface area contributed by atoms with E-state index >= 15 is 0 Å². The standard InChI is InChI=1S/C24H28N2/c1-8-9-12-17(4)21(15-18(5)25)23(16(2)3)24-19(6)20-13-10-11-14-22(20)26(24)7/h10-11,13-15H,2,6,12,25H2,1,3-5,7H3/b18-15+,21-17+,24-23?. The second kappa shape index (κ2) is 7.97. The van der Waals surface area contributed by atoms with E-state index in [1.165, 1.54) is 5.57 Å². The number of aromatic nitrogens is 1. The first-order valence-electron chi connectivity index (χ1n) is 8.75. The number of hydrogen-bond acceptors (Lipinski definition) is 1.